The number of hydrogen-bond donors (Lipinski definition) is 1. The maximum Gasteiger partial charge on any atom is 0.338 e. The minimum absolute atomic E-state index is 0.0265. The summed E-state index contributed by atoms with van der Waals surface area (Å²) in [4.78, 5) is 34.0. The molecule has 1 amide bonds. The van der Waals surface area contributed by atoms with Crippen LogP contribution in [0, 0.1) is 17.0 Å². The predicted octanol–water partition coefficient (Wildman–Crippen LogP) is 2.71. The van der Waals surface area contributed by atoms with Gasteiger partial charge >= 0.3 is 11.7 Å². The maximum absolute atomic E-state index is 12.0. The molecule has 25 heavy (non-hydrogen) atoms. The number of nitro groups is 1. The van der Waals surface area contributed by atoms with Crippen molar-refractivity contribution >= 4 is 23.3 Å². The molecule has 2 aromatic rings. The van der Waals surface area contributed by atoms with Gasteiger partial charge in [0.25, 0.3) is 5.91 Å². The third-order valence-corrected chi connectivity index (χ3v) is 3.28. The van der Waals surface area contributed by atoms with Crippen molar-refractivity contribution in [1.82, 2.24) is 0 Å². The molecule has 0 aromatic heterocycles. The summed E-state index contributed by atoms with van der Waals surface area (Å²) in [5.74, 6) is -1.33. The molecule has 130 valence electrons. The van der Waals surface area contributed by atoms with Crippen LogP contribution in [0.25, 0.3) is 0 Å². The Kier molecular flexibility index (Phi) is 5.67. The Morgan fingerprint density at radius 1 is 1.16 bits per heavy atom. The van der Waals surface area contributed by atoms with Gasteiger partial charge in [-0.1, -0.05) is 17.7 Å². The van der Waals surface area contributed by atoms with Gasteiger partial charge in [-0.3, -0.25) is 14.9 Å². The van der Waals surface area contributed by atoms with Crippen molar-refractivity contribution in [3.63, 3.8) is 0 Å². The van der Waals surface area contributed by atoms with E-state index < -0.39 is 23.4 Å². The first-order chi connectivity index (χ1) is 11.9. The summed E-state index contributed by atoms with van der Waals surface area (Å²) < 4.78 is 9.74. The monoisotopic (exact) mass is 344 g/mol. The number of esters is 1. The number of carbonyl (C=O) groups is 2. The molecule has 0 heterocycles. The molecule has 0 bridgehead atoms. The molecule has 1 N–H and O–H groups in total. The fourth-order valence-corrected chi connectivity index (χ4v) is 2.01. The molecule has 8 heteroatoms. The number of nitrogens with one attached hydrogen (secondary N) is 1. The number of benzene rings is 2. The zero-order valence-corrected chi connectivity index (χ0v) is 13.6. The van der Waals surface area contributed by atoms with Gasteiger partial charge in [-0.15, -0.1) is 0 Å². The molecule has 2 aromatic carbocycles. The lowest BCUT2D eigenvalue weighted by Gasteiger charge is -2.08. The van der Waals surface area contributed by atoms with Crippen LogP contribution in [0.4, 0.5) is 11.4 Å². The zero-order chi connectivity index (χ0) is 18.4. The van der Waals surface area contributed by atoms with E-state index in [9.17, 15) is 19.7 Å². The van der Waals surface area contributed by atoms with Gasteiger partial charge in [0, 0.05) is 11.8 Å². The Bertz CT molecular complexity index is 801. The number of anilines is 1. The van der Waals surface area contributed by atoms with Crippen molar-refractivity contribution in [2.24, 2.45) is 0 Å². The Balaban J connectivity index is 1.97. The highest BCUT2D eigenvalue weighted by molar-refractivity contribution is 5.95. The second kappa shape index (κ2) is 7.91. The fraction of sp³-hybridized carbons (Fsp3) is 0.176. The summed E-state index contributed by atoms with van der Waals surface area (Å²) in [6.07, 6.45) is 0. The number of carbonyl (C=O) groups excluding carboxylic acids is 2. The molecule has 0 radical (unpaired) electrons. The Labute approximate surface area is 143 Å². The summed E-state index contributed by atoms with van der Waals surface area (Å²) >= 11 is 0. The van der Waals surface area contributed by atoms with E-state index in [-0.39, 0.29) is 17.0 Å². The van der Waals surface area contributed by atoms with E-state index in [1.807, 2.05) is 19.1 Å². The van der Waals surface area contributed by atoms with Gasteiger partial charge < -0.3 is 14.8 Å². The van der Waals surface area contributed by atoms with Gasteiger partial charge in [-0.2, -0.15) is 0 Å². The molecule has 0 spiro atoms. The minimum atomic E-state index is -0.843. The first-order valence-corrected chi connectivity index (χ1v) is 7.27. The number of nitrogens with zero attached hydrogens (tertiary/aromatic N) is 1. The Morgan fingerprint density at radius 3 is 2.44 bits per heavy atom. The normalized spacial score (nSPS) is 10.0. The van der Waals surface area contributed by atoms with Crippen LogP contribution in [0.1, 0.15) is 15.9 Å². The number of ether oxygens (including phenoxy) is 2. The molecular weight excluding hydrogens is 328 g/mol. The summed E-state index contributed by atoms with van der Waals surface area (Å²) in [6.45, 7) is 1.41. The molecule has 0 unspecified atom stereocenters. The molecule has 0 aliphatic carbocycles. The van der Waals surface area contributed by atoms with Crippen molar-refractivity contribution in [3.8, 4) is 5.75 Å². The van der Waals surface area contributed by atoms with Gasteiger partial charge in [0.2, 0.25) is 0 Å². The highest BCUT2D eigenvalue weighted by Gasteiger charge is 2.19. The Morgan fingerprint density at radius 2 is 1.84 bits per heavy atom. The third kappa shape index (κ3) is 4.77. The van der Waals surface area contributed by atoms with E-state index in [4.69, 9.17) is 9.47 Å². The van der Waals surface area contributed by atoms with Crippen molar-refractivity contribution in [3.05, 3.63) is 63.7 Å². The number of hydrogen-bond acceptors (Lipinski definition) is 6. The van der Waals surface area contributed by atoms with E-state index in [0.717, 1.165) is 11.6 Å². The number of nitro benzene ring substituents is 1. The van der Waals surface area contributed by atoms with E-state index in [0.29, 0.717) is 5.69 Å². The van der Waals surface area contributed by atoms with E-state index in [1.165, 1.54) is 19.2 Å². The van der Waals surface area contributed by atoms with Gasteiger partial charge in [-0.25, -0.2) is 4.79 Å². The fourth-order valence-electron chi connectivity index (χ4n) is 2.01. The lowest BCUT2D eigenvalue weighted by molar-refractivity contribution is -0.385. The van der Waals surface area contributed by atoms with Crippen LogP contribution in [0.2, 0.25) is 0 Å². The van der Waals surface area contributed by atoms with Crippen molar-refractivity contribution in [1.29, 1.82) is 0 Å². The first-order valence-electron chi connectivity index (χ1n) is 7.27. The van der Waals surface area contributed by atoms with Gasteiger partial charge in [-0.05, 0) is 31.2 Å². The minimum Gasteiger partial charge on any atom is -0.490 e. The van der Waals surface area contributed by atoms with Crippen LogP contribution in [0.3, 0.4) is 0 Å². The average molecular weight is 344 g/mol. The van der Waals surface area contributed by atoms with Crippen LogP contribution < -0.4 is 10.1 Å². The van der Waals surface area contributed by atoms with Crippen molar-refractivity contribution in [2.75, 3.05) is 19.0 Å². The van der Waals surface area contributed by atoms with E-state index in [1.54, 1.807) is 12.1 Å². The van der Waals surface area contributed by atoms with Crippen molar-refractivity contribution < 1.29 is 24.0 Å². The van der Waals surface area contributed by atoms with Crippen LogP contribution in [0.5, 0.6) is 5.75 Å². The topological polar surface area (TPSA) is 108 Å². The summed E-state index contributed by atoms with van der Waals surface area (Å²) in [5.41, 5.74) is 1.22. The largest absolute Gasteiger partial charge is 0.490 e. The summed E-state index contributed by atoms with van der Waals surface area (Å²) in [7, 11) is 1.29. The SMILES string of the molecule is COc1ccc(C(=O)OCC(=O)Nc2ccc(C)cc2)cc1[N+](=O)[O-]. The number of methoxy groups -OCH3 is 1. The highest BCUT2D eigenvalue weighted by atomic mass is 16.6. The number of aryl methyl sites for hydroxylation is 1. The predicted molar refractivity (Wildman–Crippen MR) is 89.7 cm³/mol. The molecule has 0 aliphatic rings. The number of rotatable bonds is 6. The Hall–Kier alpha value is -3.42. The molecule has 2 rings (SSSR count). The quantitative estimate of drug-likeness (QED) is 0.490. The summed E-state index contributed by atoms with van der Waals surface area (Å²) in [6, 6.07) is 10.8. The lowest BCUT2D eigenvalue weighted by atomic mass is 10.2. The van der Waals surface area contributed by atoms with Crippen LogP contribution in [-0.2, 0) is 9.53 Å². The zero-order valence-electron chi connectivity index (χ0n) is 13.6. The summed E-state index contributed by atoms with van der Waals surface area (Å²) in [5, 5.41) is 13.5. The molecule has 0 fully saturated rings. The van der Waals surface area contributed by atoms with Gasteiger partial charge in [0.05, 0.1) is 17.6 Å². The molecule has 0 saturated heterocycles. The molecule has 0 saturated carbocycles. The first kappa shape index (κ1) is 17.9. The second-order valence-corrected chi connectivity index (χ2v) is 5.13. The second-order valence-electron chi connectivity index (χ2n) is 5.13. The van der Waals surface area contributed by atoms with Gasteiger partial charge in [0.15, 0.2) is 12.4 Å². The van der Waals surface area contributed by atoms with E-state index in [2.05, 4.69) is 5.32 Å². The van der Waals surface area contributed by atoms with Crippen LogP contribution in [0.15, 0.2) is 42.5 Å². The molecule has 0 aliphatic heterocycles. The maximum atomic E-state index is 12.0. The van der Waals surface area contributed by atoms with Crippen LogP contribution in [-0.4, -0.2) is 30.5 Å². The lowest BCUT2D eigenvalue weighted by Crippen LogP contribution is -2.21. The van der Waals surface area contributed by atoms with Crippen molar-refractivity contribution in [2.45, 2.75) is 6.92 Å². The number of amides is 1. The smallest absolute Gasteiger partial charge is 0.338 e. The van der Waals surface area contributed by atoms with Crippen LogP contribution >= 0.6 is 0 Å². The highest BCUT2D eigenvalue weighted by Crippen LogP contribution is 2.27. The standard InChI is InChI=1S/C17H16N2O6/c1-11-3-6-13(7-4-11)18-16(20)10-25-17(21)12-5-8-15(24-2)14(9-12)19(22)23/h3-9H,10H2,1-2H3,(H,18,20). The van der Waals surface area contributed by atoms with E-state index >= 15 is 0 Å². The molecule has 0 atom stereocenters. The average Bonchev–Trinajstić information content (AvgIpc) is 2.61. The molecule has 8 nitrogen and oxygen atoms in total. The van der Waals surface area contributed by atoms with Gasteiger partial charge in [0.1, 0.15) is 0 Å². The third-order valence-electron chi connectivity index (χ3n) is 3.28. The molecular formula is C17H16N2O6.